The van der Waals surface area contributed by atoms with E-state index in [1.54, 1.807) is 0 Å². The van der Waals surface area contributed by atoms with Crippen LogP contribution < -0.4 is 0 Å². The van der Waals surface area contributed by atoms with Crippen LogP contribution in [0, 0.1) is 0 Å². The van der Waals surface area contributed by atoms with E-state index in [1.165, 1.54) is 23.5 Å². The topological polar surface area (TPSA) is 101 Å². The van der Waals surface area contributed by atoms with Crippen molar-refractivity contribution in [2.45, 2.75) is 42.8 Å². The van der Waals surface area contributed by atoms with Crippen molar-refractivity contribution in [3.63, 3.8) is 0 Å². The minimum absolute atomic E-state index is 0.263. The van der Waals surface area contributed by atoms with Crippen molar-refractivity contribution in [1.29, 1.82) is 0 Å². The van der Waals surface area contributed by atoms with E-state index >= 15 is 0 Å². The zero-order valence-corrected chi connectivity index (χ0v) is 11.7. The van der Waals surface area contributed by atoms with Gasteiger partial charge in [0.25, 0.3) is 0 Å². The first-order chi connectivity index (χ1) is 7.99. The van der Waals surface area contributed by atoms with Crippen molar-refractivity contribution in [2.75, 3.05) is 18.1 Å². The van der Waals surface area contributed by atoms with Crippen LogP contribution in [0.3, 0.4) is 0 Å². The molecule has 0 aromatic carbocycles. The van der Waals surface area contributed by atoms with Gasteiger partial charge in [0.15, 0.2) is 0 Å². The summed E-state index contributed by atoms with van der Waals surface area (Å²) in [5.41, 5.74) is 0. The first-order valence-electron chi connectivity index (χ1n) is 5.55. The molecule has 5 N–H and O–H groups in total. The summed E-state index contributed by atoms with van der Waals surface area (Å²) in [4.78, 5) is 0. The van der Waals surface area contributed by atoms with Crippen LogP contribution in [0.25, 0.3) is 0 Å². The van der Waals surface area contributed by atoms with E-state index in [1.807, 2.05) is 13.8 Å². The first-order valence-corrected chi connectivity index (χ1v) is 7.65. The number of hydrogen-bond donors (Lipinski definition) is 5. The summed E-state index contributed by atoms with van der Waals surface area (Å²) in [5, 5.41) is 47.0. The average Bonchev–Trinajstić information content (AvgIpc) is 2.34. The van der Waals surface area contributed by atoms with E-state index in [2.05, 4.69) is 0 Å². The third-order valence-electron chi connectivity index (χ3n) is 2.22. The molecule has 0 aromatic rings. The molecule has 0 aliphatic carbocycles. The second-order valence-corrected chi connectivity index (χ2v) is 6.64. The Morgan fingerprint density at radius 1 is 0.824 bits per heavy atom. The first kappa shape index (κ1) is 17.5. The fraction of sp³-hybridized carbons (Fsp3) is 1.00. The molecule has 17 heavy (non-hydrogen) atoms. The van der Waals surface area contributed by atoms with Crippen LogP contribution in [-0.2, 0) is 0 Å². The molecule has 0 saturated carbocycles. The highest BCUT2D eigenvalue weighted by Gasteiger charge is 2.34. The number of aliphatic hydroxyl groups excluding tert-OH is 5. The fourth-order valence-electron chi connectivity index (χ4n) is 1.27. The van der Waals surface area contributed by atoms with Gasteiger partial charge in [0.05, 0.1) is 11.2 Å². The molecule has 5 nitrogen and oxygen atoms in total. The van der Waals surface area contributed by atoms with Gasteiger partial charge in [-0.1, -0.05) is 13.8 Å². The number of aliphatic hydroxyl groups is 5. The molecule has 0 aliphatic rings. The molecule has 4 atom stereocenters. The van der Waals surface area contributed by atoms with Crippen molar-refractivity contribution in [3.8, 4) is 0 Å². The van der Waals surface area contributed by atoms with E-state index in [0.29, 0.717) is 0 Å². The lowest BCUT2D eigenvalue weighted by Gasteiger charge is -2.30. The maximum absolute atomic E-state index is 9.91. The van der Waals surface area contributed by atoms with Crippen LogP contribution in [-0.4, -0.2) is 72.6 Å². The molecule has 0 aromatic heterocycles. The molecule has 0 bridgehead atoms. The lowest BCUT2D eigenvalue weighted by Crippen LogP contribution is -2.48. The molecular formula is C10H22O5S2. The number of thioether (sulfide) groups is 2. The standard InChI is InChI=1S/C10H22O5S2/c1-3-16-10(17-4-2)9(15)8(14)7(13)6(12)5-11/h6-15H,3-5H2,1-2H3/t6-,7-,8+,9-/m1/s1. The average molecular weight is 286 g/mol. The Kier molecular flexibility index (Phi) is 9.71. The molecule has 0 heterocycles. The Bertz CT molecular complexity index is 190. The van der Waals surface area contributed by atoms with Gasteiger partial charge in [-0.3, -0.25) is 0 Å². The molecule has 0 radical (unpaired) electrons. The zero-order chi connectivity index (χ0) is 13.4. The van der Waals surface area contributed by atoms with Gasteiger partial charge in [-0.2, -0.15) is 0 Å². The number of hydrogen-bond acceptors (Lipinski definition) is 7. The lowest BCUT2D eigenvalue weighted by atomic mass is 10.0. The van der Waals surface area contributed by atoms with Gasteiger partial charge in [-0.25, -0.2) is 0 Å². The molecule has 0 amide bonds. The van der Waals surface area contributed by atoms with E-state index < -0.39 is 31.0 Å². The second-order valence-electron chi connectivity index (χ2n) is 3.50. The SMILES string of the molecule is CCSC(SCC)[C@H](O)[C@@H](O)[C@H](O)[C@H](O)CO. The Morgan fingerprint density at radius 3 is 1.65 bits per heavy atom. The van der Waals surface area contributed by atoms with E-state index in [9.17, 15) is 20.4 Å². The van der Waals surface area contributed by atoms with E-state index in [0.717, 1.165) is 11.5 Å². The van der Waals surface area contributed by atoms with Crippen molar-refractivity contribution >= 4 is 23.5 Å². The van der Waals surface area contributed by atoms with Crippen molar-refractivity contribution in [3.05, 3.63) is 0 Å². The zero-order valence-electron chi connectivity index (χ0n) is 10.1. The van der Waals surface area contributed by atoms with Gasteiger partial charge in [0.2, 0.25) is 0 Å². The van der Waals surface area contributed by atoms with Gasteiger partial charge in [0.1, 0.15) is 24.4 Å². The minimum atomic E-state index is -1.55. The van der Waals surface area contributed by atoms with Crippen molar-refractivity contribution < 1.29 is 25.5 Å². The van der Waals surface area contributed by atoms with Crippen LogP contribution in [0.4, 0.5) is 0 Å². The van der Waals surface area contributed by atoms with E-state index in [4.69, 9.17) is 5.11 Å². The molecule has 0 aliphatic heterocycles. The highest BCUT2D eigenvalue weighted by molar-refractivity contribution is 8.17. The monoisotopic (exact) mass is 286 g/mol. The predicted octanol–water partition coefficient (Wildman–Crippen LogP) is -0.745. The summed E-state index contributed by atoms with van der Waals surface area (Å²) in [6.45, 7) is 3.22. The minimum Gasteiger partial charge on any atom is -0.394 e. The van der Waals surface area contributed by atoms with Crippen LogP contribution in [0.2, 0.25) is 0 Å². The third-order valence-corrected chi connectivity index (χ3v) is 4.92. The lowest BCUT2D eigenvalue weighted by molar-refractivity contribution is -0.111. The fourth-order valence-corrected chi connectivity index (χ4v) is 3.85. The van der Waals surface area contributed by atoms with Gasteiger partial charge < -0.3 is 25.5 Å². The van der Waals surface area contributed by atoms with Crippen LogP contribution in [0.1, 0.15) is 13.8 Å². The Labute approximate surface area is 110 Å². The molecule has 104 valence electrons. The second kappa shape index (κ2) is 9.43. The maximum Gasteiger partial charge on any atom is 0.111 e. The normalized spacial score (nSPS) is 19.1. The van der Waals surface area contributed by atoms with Crippen LogP contribution in [0.5, 0.6) is 0 Å². The van der Waals surface area contributed by atoms with Gasteiger partial charge in [0, 0.05) is 0 Å². The Morgan fingerprint density at radius 2 is 1.29 bits per heavy atom. The highest BCUT2D eigenvalue weighted by atomic mass is 32.2. The van der Waals surface area contributed by atoms with E-state index in [-0.39, 0.29) is 4.58 Å². The van der Waals surface area contributed by atoms with Gasteiger partial charge >= 0.3 is 0 Å². The molecule has 0 spiro atoms. The van der Waals surface area contributed by atoms with Crippen LogP contribution in [0.15, 0.2) is 0 Å². The maximum atomic E-state index is 9.91. The summed E-state index contributed by atoms with van der Waals surface area (Å²) in [6, 6.07) is 0. The summed E-state index contributed by atoms with van der Waals surface area (Å²) in [5.74, 6) is 1.56. The summed E-state index contributed by atoms with van der Waals surface area (Å²) in [7, 11) is 0. The quantitative estimate of drug-likeness (QED) is 0.356. The summed E-state index contributed by atoms with van der Waals surface area (Å²) < 4.78 is -0.263. The summed E-state index contributed by atoms with van der Waals surface area (Å²) in [6.07, 6.45) is -5.62. The Balaban J connectivity index is 4.46. The third kappa shape index (κ3) is 5.78. The smallest absolute Gasteiger partial charge is 0.111 e. The molecule has 0 rings (SSSR count). The largest absolute Gasteiger partial charge is 0.394 e. The number of rotatable bonds is 9. The van der Waals surface area contributed by atoms with Gasteiger partial charge in [-0.05, 0) is 11.5 Å². The molecule has 0 unspecified atom stereocenters. The predicted molar refractivity (Wildman–Crippen MR) is 71.2 cm³/mol. The molecule has 7 heteroatoms. The van der Waals surface area contributed by atoms with Crippen LogP contribution >= 0.6 is 23.5 Å². The molecule has 0 fully saturated rings. The van der Waals surface area contributed by atoms with Crippen molar-refractivity contribution in [1.82, 2.24) is 0 Å². The molecule has 0 saturated heterocycles. The van der Waals surface area contributed by atoms with Gasteiger partial charge in [-0.15, -0.1) is 23.5 Å². The molecular weight excluding hydrogens is 264 g/mol. The summed E-state index contributed by atoms with van der Waals surface area (Å²) >= 11 is 2.94. The van der Waals surface area contributed by atoms with Crippen molar-refractivity contribution in [2.24, 2.45) is 0 Å². The highest BCUT2D eigenvalue weighted by Crippen LogP contribution is 2.29. The Hall–Kier alpha value is 0.500.